The van der Waals surface area contributed by atoms with Crippen LogP contribution in [0.1, 0.15) is 18.4 Å². The van der Waals surface area contributed by atoms with E-state index >= 15 is 0 Å². The van der Waals surface area contributed by atoms with Crippen molar-refractivity contribution in [1.82, 2.24) is 14.9 Å². The van der Waals surface area contributed by atoms with E-state index in [1.54, 1.807) is 6.07 Å². The van der Waals surface area contributed by atoms with E-state index in [1.807, 2.05) is 7.05 Å². The molecule has 1 aliphatic carbocycles. The van der Waals surface area contributed by atoms with Crippen molar-refractivity contribution >= 4 is 23.1 Å². The van der Waals surface area contributed by atoms with Gasteiger partial charge in [0, 0.05) is 49.8 Å². The maximum atomic E-state index is 14.2. The predicted octanol–water partition coefficient (Wildman–Crippen LogP) is 3.70. The van der Waals surface area contributed by atoms with Crippen LogP contribution in [0.15, 0.2) is 24.4 Å². The van der Waals surface area contributed by atoms with Gasteiger partial charge in [0.05, 0.1) is 0 Å². The molecule has 29 heavy (non-hydrogen) atoms. The van der Waals surface area contributed by atoms with Crippen LogP contribution in [0.2, 0.25) is 0 Å². The second-order valence-electron chi connectivity index (χ2n) is 7.49. The molecule has 0 amide bonds. The summed E-state index contributed by atoms with van der Waals surface area (Å²) in [6.07, 6.45) is -2.19. The van der Waals surface area contributed by atoms with Gasteiger partial charge in [-0.2, -0.15) is 18.2 Å². The Morgan fingerprint density at radius 1 is 1.07 bits per heavy atom. The second-order valence-corrected chi connectivity index (χ2v) is 7.49. The van der Waals surface area contributed by atoms with Crippen LogP contribution < -0.4 is 15.5 Å². The van der Waals surface area contributed by atoms with E-state index in [2.05, 4.69) is 30.4 Å². The molecule has 1 aromatic heterocycles. The van der Waals surface area contributed by atoms with Crippen LogP contribution in [0.5, 0.6) is 0 Å². The van der Waals surface area contributed by atoms with Crippen molar-refractivity contribution in [2.45, 2.75) is 25.1 Å². The van der Waals surface area contributed by atoms with Gasteiger partial charge >= 0.3 is 6.18 Å². The Balaban J connectivity index is 1.57. The third-order valence-electron chi connectivity index (χ3n) is 5.02. The number of benzene rings is 1. The Bertz CT molecular complexity index is 875. The highest BCUT2D eigenvalue weighted by Crippen LogP contribution is 2.36. The molecule has 156 valence electrons. The van der Waals surface area contributed by atoms with E-state index in [0.717, 1.165) is 45.2 Å². The molecule has 0 radical (unpaired) electrons. The van der Waals surface area contributed by atoms with Crippen molar-refractivity contribution < 1.29 is 17.6 Å². The molecular formula is C19H22F4N6. The molecule has 1 saturated carbocycles. The van der Waals surface area contributed by atoms with Crippen molar-refractivity contribution in [3.8, 4) is 0 Å². The molecule has 2 N–H and O–H groups in total. The molecule has 1 aromatic carbocycles. The first kappa shape index (κ1) is 19.7. The zero-order valence-corrected chi connectivity index (χ0v) is 15.9. The number of aromatic nitrogens is 2. The van der Waals surface area contributed by atoms with E-state index in [-0.39, 0.29) is 17.8 Å². The fourth-order valence-electron chi connectivity index (χ4n) is 3.20. The molecule has 0 spiro atoms. The summed E-state index contributed by atoms with van der Waals surface area (Å²) in [5.74, 6) is -0.712. The van der Waals surface area contributed by atoms with Gasteiger partial charge in [-0.05, 0) is 38.1 Å². The topological polar surface area (TPSA) is 56.3 Å². The highest BCUT2D eigenvalue weighted by atomic mass is 19.4. The van der Waals surface area contributed by atoms with Crippen LogP contribution in [-0.4, -0.2) is 54.1 Å². The number of anilines is 4. The van der Waals surface area contributed by atoms with Crippen molar-refractivity contribution in [3.63, 3.8) is 0 Å². The molecule has 4 rings (SSSR count). The Morgan fingerprint density at radius 3 is 2.45 bits per heavy atom. The molecule has 10 heteroatoms. The fraction of sp³-hybridized carbons (Fsp3) is 0.474. The third kappa shape index (κ3) is 4.87. The minimum absolute atomic E-state index is 0.00291. The monoisotopic (exact) mass is 410 g/mol. The molecule has 1 saturated heterocycles. The maximum absolute atomic E-state index is 14.2. The van der Waals surface area contributed by atoms with Crippen LogP contribution in [0, 0.1) is 5.82 Å². The number of nitrogens with zero attached hydrogens (tertiary/aromatic N) is 4. The third-order valence-corrected chi connectivity index (χ3v) is 5.02. The quantitative estimate of drug-likeness (QED) is 0.733. The lowest BCUT2D eigenvalue weighted by atomic mass is 10.2. The van der Waals surface area contributed by atoms with Crippen molar-refractivity contribution in [3.05, 3.63) is 35.8 Å². The number of hydrogen-bond donors (Lipinski definition) is 2. The molecule has 6 nitrogen and oxygen atoms in total. The number of rotatable bonds is 5. The predicted molar refractivity (Wildman–Crippen MR) is 103 cm³/mol. The largest absolute Gasteiger partial charge is 0.421 e. The SMILES string of the molecule is CN1CCN(c2cc(F)cc(Nc3ncc(C(F)(F)F)c(NC4CC4)n3)c2)CC1. The van der Waals surface area contributed by atoms with E-state index in [0.29, 0.717) is 11.4 Å². The van der Waals surface area contributed by atoms with Gasteiger partial charge in [-0.25, -0.2) is 9.37 Å². The Labute approximate surface area is 165 Å². The van der Waals surface area contributed by atoms with Crippen LogP contribution in [0.4, 0.5) is 40.7 Å². The highest BCUT2D eigenvalue weighted by molar-refractivity contribution is 5.63. The van der Waals surface area contributed by atoms with Gasteiger partial charge in [-0.1, -0.05) is 0 Å². The Kier molecular flexibility index (Phi) is 5.20. The van der Waals surface area contributed by atoms with Crippen LogP contribution in [-0.2, 0) is 6.18 Å². The van der Waals surface area contributed by atoms with E-state index in [1.165, 1.54) is 12.1 Å². The lowest BCUT2D eigenvalue weighted by Crippen LogP contribution is -2.44. The summed E-state index contributed by atoms with van der Waals surface area (Å²) in [6, 6.07) is 4.47. The van der Waals surface area contributed by atoms with Crippen molar-refractivity contribution in [2.24, 2.45) is 0 Å². The standard InChI is InChI=1S/C19H22F4N6/c1-28-4-6-29(7-5-28)15-9-12(20)8-14(10-15)26-18-24-11-16(19(21,22)23)17(27-18)25-13-2-3-13/h8-11,13H,2-7H2,1H3,(H2,24,25,26,27). The lowest BCUT2D eigenvalue weighted by molar-refractivity contribution is -0.137. The zero-order chi connectivity index (χ0) is 20.6. The molecule has 2 heterocycles. The Morgan fingerprint density at radius 2 is 1.79 bits per heavy atom. The summed E-state index contributed by atoms with van der Waals surface area (Å²) in [5.41, 5.74) is 0.187. The number of likely N-dealkylation sites (N-methyl/N-ethyl adjacent to an activating group) is 1. The number of piperazine rings is 1. The molecule has 0 unspecified atom stereocenters. The first-order chi connectivity index (χ1) is 13.8. The van der Waals surface area contributed by atoms with Crippen LogP contribution in [0.25, 0.3) is 0 Å². The molecule has 0 atom stereocenters. The number of nitrogens with one attached hydrogen (secondary N) is 2. The maximum Gasteiger partial charge on any atom is 0.421 e. The van der Waals surface area contributed by atoms with Crippen LogP contribution >= 0.6 is 0 Å². The van der Waals surface area contributed by atoms with Gasteiger partial charge in [0.25, 0.3) is 0 Å². The Hall–Kier alpha value is -2.62. The van der Waals surface area contributed by atoms with Gasteiger partial charge in [0.15, 0.2) is 0 Å². The fourth-order valence-corrected chi connectivity index (χ4v) is 3.20. The summed E-state index contributed by atoms with van der Waals surface area (Å²) >= 11 is 0. The summed E-state index contributed by atoms with van der Waals surface area (Å²) < 4.78 is 53.8. The molecule has 0 bridgehead atoms. The van der Waals surface area contributed by atoms with Gasteiger partial charge in [0.1, 0.15) is 17.2 Å². The van der Waals surface area contributed by atoms with Crippen molar-refractivity contribution in [1.29, 1.82) is 0 Å². The van der Waals surface area contributed by atoms with Gasteiger partial charge < -0.3 is 20.4 Å². The smallest absolute Gasteiger partial charge is 0.369 e. The van der Waals surface area contributed by atoms with Crippen LogP contribution in [0.3, 0.4) is 0 Å². The van der Waals surface area contributed by atoms with Gasteiger partial charge in [-0.3, -0.25) is 0 Å². The number of alkyl halides is 3. The van der Waals surface area contributed by atoms with Gasteiger partial charge in [-0.15, -0.1) is 0 Å². The van der Waals surface area contributed by atoms with E-state index in [4.69, 9.17) is 0 Å². The molecular weight excluding hydrogens is 388 g/mol. The summed E-state index contributed by atoms with van der Waals surface area (Å²) in [5, 5.41) is 5.64. The summed E-state index contributed by atoms with van der Waals surface area (Å²) in [7, 11) is 2.03. The van der Waals surface area contributed by atoms with Gasteiger partial charge in [0.2, 0.25) is 5.95 Å². The molecule has 1 aliphatic heterocycles. The minimum atomic E-state index is -4.55. The first-order valence-corrected chi connectivity index (χ1v) is 9.50. The minimum Gasteiger partial charge on any atom is -0.369 e. The summed E-state index contributed by atoms with van der Waals surface area (Å²) in [6.45, 7) is 3.28. The number of halogens is 4. The average Bonchev–Trinajstić information content (AvgIpc) is 3.45. The normalized spacial score (nSPS) is 18.0. The second kappa shape index (κ2) is 7.66. The molecule has 2 fully saturated rings. The van der Waals surface area contributed by atoms with E-state index in [9.17, 15) is 17.6 Å². The highest BCUT2D eigenvalue weighted by Gasteiger charge is 2.36. The molecule has 2 aliphatic rings. The summed E-state index contributed by atoms with van der Waals surface area (Å²) in [4.78, 5) is 12.1. The first-order valence-electron chi connectivity index (χ1n) is 9.50. The molecule has 2 aromatic rings. The lowest BCUT2D eigenvalue weighted by Gasteiger charge is -2.34. The van der Waals surface area contributed by atoms with Crippen molar-refractivity contribution in [2.75, 3.05) is 48.8 Å². The van der Waals surface area contributed by atoms with E-state index < -0.39 is 17.6 Å². The number of hydrogen-bond acceptors (Lipinski definition) is 6. The zero-order valence-electron chi connectivity index (χ0n) is 15.9. The average molecular weight is 410 g/mol.